The number of benzene rings is 1. The molecule has 0 radical (unpaired) electrons. The van der Waals surface area contributed by atoms with Gasteiger partial charge in [-0.05, 0) is 6.92 Å². The predicted molar refractivity (Wildman–Crippen MR) is 62.0 cm³/mol. The number of thioether (sulfide) groups is 1. The van der Waals surface area contributed by atoms with E-state index in [4.69, 9.17) is 5.21 Å². The zero-order valence-electron chi connectivity index (χ0n) is 8.10. The van der Waals surface area contributed by atoms with Crippen LogP contribution in [0.15, 0.2) is 47.6 Å². The van der Waals surface area contributed by atoms with Gasteiger partial charge in [-0.2, -0.15) is 0 Å². The topological polar surface area (TPSA) is 32.6 Å². The number of oxime groups is 1. The Kier molecular flexibility index (Phi) is 4.26. The average molecular weight is 207 g/mol. The maximum Gasteiger partial charge on any atom is 0.143 e. The quantitative estimate of drug-likeness (QED) is 0.271. The largest absolute Gasteiger partial charge is 0.410 e. The van der Waals surface area contributed by atoms with Crippen molar-refractivity contribution in [2.75, 3.05) is 5.75 Å². The minimum Gasteiger partial charge on any atom is -0.410 e. The fourth-order valence-corrected chi connectivity index (χ4v) is 1.69. The second-order valence-corrected chi connectivity index (χ2v) is 3.98. The summed E-state index contributed by atoms with van der Waals surface area (Å²) in [6, 6.07) is 9.60. The first kappa shape index (κ1) is 10.9. The van der Waals surface area contributed by atoms with Crippen LogP contribution < -0.4 is 0 Å². The van der Waals surface area contributed by atoms with E-state index in [1.165, 1.54) is 11.8 Å². The van der Waals surface area contributed by atoms with Gasteiger partial charge in [-0.15, -0.1) is 0 Å². The molecule has 0 unspecified atom stereocenters. The summed E-state index contributed by atoms with van der Waals surface area (Å²) in [6.45, 7) is 5.75. The highest BCUT2D eigenvalue weighted by Gasteiger charge is 2.03. The molecule has 1 aromatic carbocycles. The van der Waals surface area contributed by atoms with Crippen LogP contribution in [0.25, 0.3) is 0 Å². The molecular formula is C11H13NOS. The zero-order valence-corrected chi connectivity index (χ0v) is 8.92. The highest BCUT2D eigenvalue weighted by molar-refractivity contribution is 8.14. The van der Waals surface area contributed by atoms with Crippen molar-refractivity contribution in [3.8, 4) is 0 Å². The van der Waals surface area contributed by atoms with Gasteiger partial charge in [-0.3, -0.25) is 0 Å². The lowest BCUT2D eigenvalue weighted by Gasteiger charge is -2.03. The van der Waals surface area contributed by atoms with Crippen molar-refractivity contribution in [1.82, 2.24) is 0 Å². The Balaban J connectivity index is 2.69. The fourth-order valence-electron chi connectivity index (χ4n) is 0.942. The van der Waals surface area contributed by atoms with E-state index in [2.05, 4.69) is 11.7 Å². The van der Waals surface area contributed by atoms with Crippen molar-refractivity contribution >= 4 is 16.8 Å². The van der Waals surface area contributed by atoms with Gasteiger partial charge >= 0.3 is 0 Å². The number of hydrogen-bond donors (Lipinski definition) is 1. The molecule has 1 N–H and O–H groups in total. The Labute approximate surface area is 88.3 Å². The van der Waals surface area contributed by atoms with Gasteiger partial charge in [0.25, 0.3) is 0 Å². The van der Waals surface area contributed by atoms with Gasteiger partial charge in [0.05, 0.1) is 0 Å². The van der Waals surface area contributed by atoms with Crippen LogP contribution in [0.4, 0.5) is 0 Å². The average Bonchev–Trinajstić information content (AvgIpc) is 2.20. The fraction of sp³-hybridized carbons (Fsp3) is 0.182. The first-order valence-corrected chi connectivity index (χ1v) is 5.27. The summed E-state index contributed by atoms with van der Waals surface area (Å²) >= 11 is 1.48. The van der Waals surface area contributed by atoms with Gasteiger partial charge in [-0.1, -0.05) is 59.4 Å². The molecule has 0 saturated heterocycles. The van der Waals surface area contributed by atoms with Gasteiger partial charge in [0.2, 0.25) is 0 Å². The lowest BCUT2D eigenvalue weighted by atomic mass is 10.2. The summed E-state index contributed by atoms with van der Waals surface area (Å²) in [6.07, 6.45) is 0. The van der Waals surface area contributed by atoms with Crippen LogP contribution in [0.2, 0.25) is 0 Å². The molecule has 0 amide bonds. The molecule has 0 spiro atoms. The summed E-state index contributed by atoms with van der Waals surface area (Å²) in [5, 5.41) is 12.7. The molecule has 0 aliphatic rings. The van der Waals surface area contributed by atoms with Gasteiger partial charge in [-0.25, -0.2) is 0 Å². The van der Waals surface area contributed by atoms with Gasteiger partial charge in [0.15, 0.2) is 0 Å². The minimum absolute atomic E-state index is 0.633. The molecular weight excluding hydrogens is 194 g/mol. The first-order valence-electron chi connectivity index (χ1n) is 4.28. The Morgan fingerprint density at radius 2 is 2.07 bits per heavy atom. The molecule has 74 valence electrons. The lowest BCUT2D eigenvalue weighted by Crippen LogP contribution is -1.96. The standard InChI is InChI=1S/C11H13NOS/c1-9(2)8-14-11(12-13)10-6-4-3-5-7-10/h3-7,13H,1,8H2,2H3/b12-11-. The van der Waals surface area contributed by atoms with Crippen LogP contribution in [0.5, 0.6) is 0 Å². The third-order valence-corrected chi connectivity index (χ3v) is 2.79. The van der Waals surface area contributed by atoms with E-state index >= 15 is 0 Å². The third-order valence-electron chi connectivity index (χ3n) is 1.57. The maximum atomic E-state index is 8.83. The van der Waals surface area contributed by atoms with Gasteiger partial charge < -0.3 is 5.21 Å². The van der Waals surface area contributed by atoms with Crippen molar-refractivity contribution in [3.63, 3.8) is 0 Å². The van der Waals surface area contributed by atoms with E-state index in [1.807, 2.05) is 37.3 Å². The summed E-state index contributed by atoms with van der Waals surface area (Å²) in [4.78, 5) is 0. The highest BCUT2D eigenvalue weighted by atomic mass is 32.2. The Morgan fingerprint density at radius 3 is 2.57 bits per heavy atom. The molecule has 1 rings (SSSR count). The molecule has 0 aromatic heterocycles. The van der Waals surface area contributed by atoms with Crippen LogP contribution in [0, 0.1) is 0 Å². The van der Waals surface area contributed by atoms with Gasteiger partial charge in [0, 0.05) is 11.3 Å². The summed E-state index contributed by atoms with van der Waals surface area (Å²) in [5.74, 6) is 0.772. The minimum atomic E-state index is 0.633. The summed E-state index contributed by atoms with van der Waals surface area (Å²) in [7, 11) is 0. The molecule has 0 aliphatic heterocycles. The smallest absolute Gasteiger partial charge is 0.143 e. The van der Waals surface area contributed by atoms with E-state index in [1.54, 1.807) is 0 Å². The van der Waals surface area contributed by atoms with Crippen molar-refractivity contribution in [2.24, 2.45) is 5.16 Å². The van der Waals surface area contributed by atoms with Crippen molar-refractivity contribution < 1.29 is 5.21 Å². The summed E-state index contributed by atoms with van der Waals surface area (Å²) in [5.41, 5.74) is 1.99. The maximum absolute atomic E-state index is 8.83. The van der Waals surface area contributed by atoms with Gasteiger partial charge in [0.1, 0.15) is 5.04 Å². The zero-order chi connectivity index (χ0) is 10.4. The van der Waals surface area contributed by atoms with Crippen LogP contribution in [-0.4, -0.2) is 16.0 Å². The number of rotatable bonds is 3. The molecule has 0 bridgehead atoms. The van der Waals surface area contributed by atoms with E-state index in [-0.39, 0.29) is 0 Å². The molecule has 0 atom stereocenters. The van der Waals surface area contributed by atoms with Crippen molar-refractivity contribution in [3.05, 3.63) is 48.0 Å². The monoisotopic (exact) mass is 207 g/mol. The molecule has 2 nitrogen and oxygen atoms in total. The molecule has 14 heavy (non-hydrogen) atoms. The Bertz CT molecular complexity index is 332. The normalized spacial score (nSPS) is 11.4. The van der Waals surface area contributed by atoms with E-state index in [0.717, 1.165) is 16.9 Å². The number of nitrogens with zero attached hydrogens (tertiary/aromatic N) is 1. The Morgan fingerprint density at radius 1 is 1.43 bits per heavy atom. The number of hydrogen-bond acceptors (Lipinski definition) is 3. The molecule has 0 heterocycles. The van der Waals surface area contributed by atoms with Crippen LogP contribution in [0.1, 0.15) is 12.5 Å². The molecule has 0 saturated carbocycles. The Hall–Kier alpha value is -1.22. The van der Waals surface area contributed by atoms with Crippen LogP contribution in [0.3, 0.4) is 0 Å². The van der Waals surface area contributed by atoms with Crippen molar-refractivity contribution in [2.45, 2.75) is 6.92 Å². The predicted octanol–water partition coefficient (Wildman–Crippen LogP) is 3.13. The van der Waals surface area contributed by atoms with E-state index < -0.39 is 0 Å². The first-order chi connectivity index (χ1) is 6.74. The summed E-state index contributed by atoms with van der Waals surface area (Å²) < 4.78 is 0. The SMILES string of the molecule is C=C(C)CS/C(=N\O)c1ccccc1. The molecule has 0 aliphatic carbocycles. The van der Waals surface area contributed by atoms with Crippen molar-refractivity contribution in [1.29, 1.82) is 0 Å². The van der Waals surface area contributed by atoms with E-state index in [0.29, 0.717) is 5.04 Å². The van der Waals surface area contributed by atoms with Crippen LogP contribution >= 0.6 is 11.8 Å². The molecule has 3 heteroatoms. The molecule has 1 aromatic rings. The third kappa shape index (κ3) is 3.26. The lowest BCUT2D eigenvalue weighted by molar-refractivity contribution is 0.321. The van der Waals surface area contributed by atoms with Crippen LogP contribution in [-0.2, 0) is 0 Å². The highest BCUT2D eigenvalue weighted by Crippen LogP contribution is 2.15. The van der Waals surface area contributed by atoms with E-state index in [9.17, 15) is 0 Å². The second-order valence-electron chi connectivity index (χ2n) is 3.02. The second kappa shape index (κ2) is 5.50. The molecule has 0 fully saturated rings.